The van der Waals surface area contributed by atoms with E-state index < -0.39 is 6.10 Å². The Balaban J connectivity index is 1.55. The Morgan fingerprint density at radius 2 is 1.92 bits per heavy atom. The smallest absolute Gasteiger partial charge is 0.261 e. The number of thiazole rings is 1. The number of para-hydroxylation sites is 1. The molecule has 6 heteroatoms. The first kappa shape index (κ1) is 17.5. The number of nitrogens with one attached hydrogen (secondary N) is 1. The van der Waals surface area contributed by atoms with Crippen molar-refractivity contribution in [3.05, 3.63) is 70.7 Å². The predicted molar refractivity (Wildman–Crippen MR) is 101 cm³/mol. The van der Waals surface area contributed by atoms with Gasteiger partial charge in [-0.25, -0.2) is 4.98 Å². The molecule has 0 saturated carbocycles. The third kappa shape index (κ3) is 4.59. The first-order valence-electron chi connectivity index (χ1n) is 7.82. The average molecular weight is 373 g/mol. The number of aromatic nitrogens is 1. The molecule has 0 saturated heterocycles. The lowest BCUT2D eigenvalue weighted by Gasteiger charge is -2.15. The number of hydrogen-bond acceptors (Lipinski definition) is 4. The zero-order valence-corrected chi connectivity index (χ0v) is 15.2. The van der Waals surface area contributed by atoms with E-state index in [4.69, 9.17) is 16.3 Å². The first-order valence-corrected chi connectivity index (χ1v) is 9.08. The third-order valence-corrected chi connectivity index (χ3v) is 4.78. The molecule has 0 aliphatic carbocycles. The largest absolute Gasteiger partial charge is 0.479 e. The maximum atomic E-state index is 12.2. The van der Waals surface area contributed by atoms with Gasteiger partial charge in [-0.05, 0) is 19.1 Å². The lowest BCUT2D eigenvalue weighted by atomic mass is 10.2. The van der Waals surface area contributed by atoms with Crippen molar-refractivity contribution < 1.29 is 9.53 Å². The first-order chi connectivity index (χ1) is 12.1. The molecule has 0 unspecified atom stereocenters. The molecule has 1 N–H and O–H groups in total. The van der Waals surface area contributed by atoms with Gasteiger partial charge in [0.25, 0.3) is 5.91 Å². The molecular formula is C19H17ClN2O2S. The molecule has 1 heterocycles. The van der Waals surface area contributed by atoms with Crippen molar-refractivity contribution in [3.8, 4) is 16.3 Å². The highest BCUT2D eigenvalue weighted by atomic mass is 35.5. The van der Waals surface area contributed by atoms with Crippen LogP contribution in [-0.4, -0.2) is 17.0 Å². The van der Waals surface area contributed by atoms with Crippen molar-refractivity contribution >= 4 is 28.8 Å². The van der Waals surface area contributed by atoms with E-state index in [1.165, 1.54) is 0 Å². The second-order valence-corrected chi connectivity index (χ2v) is 6.68. The number of ether oxygens (including phenoxy) is 1. The number of carbonyl (C=O) groups is 1. The Bertz CT molecular complexity index is 851. The van der Waals surface area contributed by atoms with Crippen LogP contribution in [0.4, 0.5) is 0 Å². The van der Waals surface area contributed by atoms with Crippen LogP contribution in [0.3, 0.4) is 0 Å². The van der Waals surface area contributed by atoms with Crippen molar-refractivity contribution in [2.45, 2.75) is 19.6 Å². The van der Waals surface area contributed by atoms with Crippen molar-refractivity contribution in [2.75, 3.05) is 0 Å². The van der Waals surface area contributed by atoms with E-state index in [1.54, 1.807) is 30.4 Å². The molecule has 0 aliphatic rings. The molecule has 1 amide bonds. The number of benzene rings is 2. The summed E-state index contributed by atoms with van der Waals surface area (Å²) in [5, 5.41) is 6.20. The standard InChI is InChI=1S/C19H17ClN2O2S/c1-13(24-17-10-6-5-9-16(17)20)18(23)21-11-15-12-25-19(22-15)14-7-3-2-4-8-14/h2-10,12-13H,11H2,1H3,(H,21,23)/t13-/m1/s1. The van der Waals surface area contributed by atoms with E-state index in [2.05, 4.69) is 10.3 Å². The summed E-state index contributed by atoms with van der Waals surface area (Å²) in [7, 11) is 0. The number of nitrogens with zero attached hydrogens (tertiary/aromatic N) is 1. The van der Waals surface area contributed by atoms with E-state index in [9.17, 15) is 4.79 Å². The highest BCUT2D eigenvalue weighted by Crippen LogP contribution is 2.25. The Hall–Kier alpha value is -2.37. The van der Waals surface area contributed by atoms with Crippen LogP contribution in [0.25, 0.3) is 10.6 Å². The molecule has 1 aromatic heterocycles. The second kappa shape index (κ2) is 8.14. The van der Waals surface area contributed by atoms with E-state index >= 15 is 0 Å². The summed E-state index contributed by atoms with van der Waals surface area (Å²) in [5.41, 5.74) is 1.89. The van der Waals surface area contributed by atoms with Gasteiger partial charge in [-0.3, -0.25) is 4.79 Å². The summed E-state index contributed by atoms with van der Waals surface area (Å²) in [6, 6.07) is 17.0. The van der Waals surface area contributed by atoms with Crippen LogP contribution in [0.2, 0.25) is 5.02 Å². The summed E-state index contributed by atoms with van der Waals surface area (Å²) < 4.78 is 5.61. The van der Waals surface area contributed by atoms with Gasteiger partial charge >= 0.3 is 0 Å². The van der Waals surface area contributed by atoms with Crippen LogP contribution < -0.4 is 10.1 Å². The molecular weight excluding hydrogens is 356 g/mol. The summed E-state index contributed by atoms with van der Waals surface area (Å²) in [6.45, 7) is 2.05. The molecule has 4 nitrogen and oxygen atoms in total. The van der Waals surface area contributed by atoms with Crippen LogP contribution in [0, 0.1) is 0 Å². The van der Waals surface area contributed by atoms with Crippen LogP contribution in [0.15, 0.2) is 60.0 Å². The van der Waals surface area contributed by atoms with Gasteiger partial charge in [0.05, 0.1) is 17.3 Å². The number of amides is 1. The van der Waals surface area contributed by atoms with E-state index in [0.717, 1.165) is 16.3 Å². The Kier molecular flexibility index (Phi) is 5.68. The number of rotatable bonds is 6. The van der Waals surface area contributed by atoms with E-state index in [0.29, 0.717) is 17.3 Å². The Morgan fingerprint density at radius 1 is 1.20 bits per heavy atom. The molecule has 1 atom stereocenters. The minimum absolute atomic E-state index is 0.214. The highest BCUT2D eigenvalue weighted by molar-refractivity contribution is 7.13. The Morgan fingerprint density at radius 3 is 2.68 bits per heavy atom. The quantitative estimate of drug-likeness (QED) is 0.690. The SMILES string of the molecule is C[C@@H](Oc1ccccc1Cl)C(=O)NCc1csc(-c2ccccc2)n1. The van der Waals surface area contributed by atoms with Gasteiger partial charge in [0.15, 0.2) is 6.10 Å². The van der Waals surface area contributed by atoms with Crippen LogP contribution >= 0.6 is 22.9 Å². The molecule has 0 fully saturated rings. The summed E-state index contributed by atoms with van der Waals surface area (Å²) in [5.74, 6) is 0.279. The second-order valence-electron chi connectivity index (χ2n) is 5.42. The minimum atomic E-state index is -0.646. The maximum Gasteiger partial charge on any atom is 0.261 e. The molecule has 2 aromatic carbocycles. The van der Waals surface area contributed by atoms with Crippen LogP contribution in [-0.2, 0) is 11.3 Å². The van der Waals surface area contributed by atoms with Crippen molar-refractivity contribution in [2.24, 2.45) is 0 Å². The molecule has 0 aliphatic heterocycles. The highest BCUT2D eigenvalue weighted by Gasteiger charge is 2.16. The number of halogens is 1. The van der Waals surface area contributed by atoms with Gasteiger partial charge in [0.1, 0.15) is 10.8 Å². The molecule has 0 bridgehead atoms. The fourth-order valence-electron chi connectivity index (χ4n) is 2.21. The van der Waals surface area contributed by atoms with Gasteiger partial charge in [-0.2, -0.15) is 0 Å². The Labute approximate surface area is 155 Å². The van der Waals surface area contributed by atoms with Crippen molar-refractivity contribution in [1.29, 1.82) is 0 Å². The zero-order valence-electron chi connectivity index (χ0n) is 13.6. The van der Waals surface area contributed by atoms with Gasteiger partial charge in [0.2, 0.25) is 0 Å². The summed E-state index contributed by atoms with van der Waals surface area (Å²) in [4.78, 5) is 16.8. The summed E-state index contributed by atoms with van der Waals surface area (Å²) in [6.07, 6.45) is -0.646. The maximum absolute atomic E-state index is 12.2. The monoisotopic (exact) mass is 372 g/mol. The molecule has 0 spiro atoms. The average Bonchev–Trinajstić information content (AvgIpc) is 3.11. The van der Waals surface area contributed by atoms with Gasteiger partial charge in [-0.15, -0.1) is 11.3 Å². The van der Waals surface area contributed by atoms with Crippen LogP contribution in [0.5, 0.6) is 5.75 Å². The minimum Gasteiger partial charge on any atom is -0.479 e. The lowest BCUT2D eigenvalue weighted by molar-refractivity contribution is -0.127. The number of carbonyl (C=O) groups excluding carboxylic acids is 1. The number of hydrogen-bond donors (Lipinski definition) is 1. The lowest BCUT2D eigenvalue weighted by Crippen LogP contribution is -2.36. The van der Waals surface area contributed by atoms with E-state index in [-0.39, 0.29) is 5.91 Å². The normalized spacial score (nSPS) is 11.8. The third-order valence-electron chi connectivity index (χ3n) is 3.53. The van der Waals surface area contributed by atoms with Crippen LogP contribution in [0.1, 0.15) is 12.6 Å². The van der Waals surface area contributed by atoms with Crippen molar-refractivity contribution in [3.63, 3.8) is 0 Å². The van der Waals surface area contributed by atoms with Crippen molar-refractivity contribution in [1.82, 2.24) is 10.3 Å². The molecule has 25 heavy (non-hydrogen) atoms. The molecule has 128 valence electrons. The zero-order chi connectivity index (χ0) is 17.6. The molecule has 3 rings (SSSR count). The molecule has 0 radical (unpaired) electrons. The molecule has 3 aromatic rings. The van der Waals surface area contributed by atoms with Gasteiger partial charge < -0.3 is 10.1 Å². The summed E-state index contributed by atoms with van der Waals surface area (Å²) >= 11 is 7.60. The predicted octanol–water partition coefficient (Wildman–Crippen LogP) is 4.55. The van der Waals surface area contributed by atoms with Gasteiger partial charge in [0, 0.05) is 10.9 Å². The topological polar surface area (TPSA) is 51.2 Å². The fraction of sp³-hybridized carbons (Fsp3) is 0.158. The fourth-order valence-corrected chi connectivity index (χ4v) is 3.21. The van der Waals surface area contributed by atoms with E-state index in [1.807, 2.05) is 47.8 Å². The van der Waals surface area contributed by atoms with Gasteiger partial charge in [-0.1, -0.05) is 54.1 Å².